The zero-order valence-electron chi connectivity index (χ0n) is 12.9. The van der Waals surface area contributed by atoms with E-state index in [9.17, 15) is 4.79 Å². The molecular formula is C16H26N2O2. The van der Waals surface area contributed by atoms with Gasteiger partial charge in [-0.05, 0) is 43.5 Å². The molecule has 0 saturated carbocycles. The Morgan fingerprint density at radius 1 is 1.45 bits per heavy atom. The molecular weight excluding hydrogens is 252 g/mol. The van der Waals surface area contributed by atoms with Crippen LogP contribution in [0.2, 0.25) is 0 Å². The van der Waals surface area contributed by atoms with Crippen molar-refractivity contribution in [2.45, 2.75) is 45.6 Å². The molecule has 0 aliphatic rings. The van der Waals surface area contributed by atoms with E-state index < -0.39 is 11.4 Å². The number of hydrogen-bond acceptors (Lipinski definition) is 3. The maximum Gasteiger partial charge on any atom is 0.240 e. The lowest BCUT2D eigenvalue weighted by Crippen LogP contribution is -2.57. The van der Waals surface area contributed by atoms with Crippen LogP contribution in [0.5, 0.6) is 5.75 Å². The summed E-state index contributed by atoms with van der Waals surface area (Å²) < 4.78 is 5.76. The van der Waals surface area contributed by atoms with Crippen LogP contribution in [-0.2, 0) is 4.79 Å². The van der Waals surface area contributed by atoms with Gasteiger partial charge in [-0.15, -0.1) is 0 Å². The van der Waals surface area contributed by atoms with Crippen molar-refractivity contribution in [3.05, 3.63) is 29.8 Å². The second-order valence-corrected chi connectivity index (χ2v) is 5.64. The largest absolute Gasteiger partial charge is 0.491 e. The van der Waals surface area contributed by atoms with Gasteiger partial charge in [0.2, 0.25) is 5.91 Å². The maximum atomic E-state index is 11.6. The Kier molecular flexibility index (Phi) is 6.02. The van der Waals surface area contributed by atoms with Crippen LogP contribution in [0.25, 0.3) is 0 Å². The van der Waals surface area contributed by atoms with Crippen LogP contribution in [0.4, 0.5) is 0 Å². The summed E-state index contributed by atoms with van der Waals surface area (Å²) in [5.74, 6) is 0.812. The second-order valence-electron chi connectivity index (χ2n) is 5.64. The van der Waals surface area contributed by atoms with Gasteiger partial charge >= 0.3 is 0 Å². The number of amides is 1. The van der Waals surface area contributed by atoms with Crippen LogP contribution in [0.1, 0.15) is 45.6 Å². The SMILES string of the molecule is CCCNC(C)(COc1cccc(C(C)C)c1)C(N)=O. The quantitative estimate of drug-likeness (QED) is 0.767. The van der Waals surface area contributed by atoms with E-state index in [1.807, 2.05) is 25.1 Å². The number of rotatable bonds is 8. The molecule has 0 aromatic heterocycles. The Hall–Kier alpha value is -1.55. The number of nitrogens with two attached hydrogens (primary N) is 1. The maximum absolute atomic E-state index is 11.6. The molecule has 4 nitrogen and oxygen atoms in total. The van der Waals surface area contributed by atoms with Gasteiger partial charge in [-0.1, -0.05) is 32.9 Å². The molecule has 0 aliphatic carbocycles. The van der Waals surface area contributed by atoms with Crippen molar-refractivity contribution in [1.29, 1.82) is 0 Å². The van der Waals surface area contributed by atoms with Crippen molar-refractivity contribution in [2.24, 2.45) is 5.73 Å². The van der Waals surface area contributed by atoms with Crippen LogP contribution in [0, 0.1) is 0 Å². The summed E-state index contributed by atoms with van der Waals surface area (Å²) in [5.41, 5.74) is 5.84. The second kappa shape index (κ2) is 7.29. The first kappa shape index (κ1) is 16.5. The first-order chi connectivity index (χ1) is 9.39. The molecule has 1 aromatic carbocycles. The van der Waals surface area contributed by atoms with Crippen LogP contribution >= 0.6 is 0 Å². The summed E-state index contributed by atoms with van der Waals surface area (Å²) in [6, 6.07) is 7.94. The van der Waals surface area contributed by atoms with Gasteiger partial charge in [-0.3, -0.25) is 4.79 Å². The van der Waals surface area contributed by atoms with E-state index in [2.05, 4.69) is 25.2 Å². The fraction of sp³-hybridized carbons (Fsp3) is 0.562. The van der Waals surface area contributed by atoms with E-state index in [-0.39, 0.29) is 6.61 Å². The van der Waals surface area contributed by atoms with E-state index >= 15 is 0 Å². The molecule has 1 rings (SSSR count). The van der Waals surface area contributed by atoms with Crippen molar-refractivity contribution in [1.82, 2.24) is 5.32 Å². The first-order valence-corrected chi connectivity index (χ1v) is 7.16. The molecule has 0 heterocycles. The zero-order valence-corrected chi connectivity index (χ0v) is 12.9. The predicted octanol–water partition coefficient (Wildman–Crippen LogP) is 2.43. The number of nitrogens with one attached hydrogen (secondary N) is 1. The average Bonchev–Trinajstić information content (AvgIpc) is 2.43. The Balaban J connectivity index is 2.72. The number of carbonyl (C=O) groups is 1. The predicted molar refractivity (Wildman–Crippen MR) is 81.9 cm³/mol. The number of carbonyl (C=O) groups excluding carboxylic acids is 1. The number of primary amides is 1. The summed E-state index contributed by atoms with van der Waals surface area (Å²) in [5, 5.41) is 3.15. The third-order valence-corrected chi connectivity index (χ3v) is 3.36. The van der Waals surface area contributed by atoms with Crippen LogP contribution in [0.3, 0.4) is 0 Å². The molecule has 1 atom stereocenters. The Labute approximate surface area is 121 Å². The van der Waals surface area contributed by atoms with Gasteiger partial charge < -0.3 is 15.8 Å². The molecule has 0 bridgehead atoms. The highest BCUT2D eigenvalue weighted by Crippen LogP contribution is 2.21. The molecule has 0 spiro atoms. The summed E-state index contributed by atoms with van der Waals surface area (Å²) in [4.78, 5) is 11.6. The smallest absolute Gasteiger partial charge is 0.240 e. The first-order valence-electron chi connectivity index (χ1n) is 7.16. The van der Waals surface area contributed by atoms with Crippen molar-refractivity contribution < 1.29 is 9.53 Å². The minimum atomic E-state index is -0.843. The summed E-state index contributed by atoms with van der Waals surface area (Å²) >= 11 is 0. The molecule has 1 unspecified atom stereocenters. The zero-order chi connectivity index (χ0) is 15.2. The minimum absolute atomic E-state index is 0.226. The number of ether oxygens (including phenoxy) is 1. The van der Waals surface area contributed by atoms with E-state index in [1.165, 1.54) is 5.56 Å². The highest BCUT2D eigenvalue weighted by Gasteiger charge is 2.31. The van der Waals surface area contributed by atoms with Crippen LogP contribution < -0.4 is 15.8 Å². The van der Waals surface area contributed by atoms with Crippen LogP contribution in [0.15, 0.2) is 24.3 Å². The fourth-order valence-electron chi connectivity index (χ4n) is 1.80. The number of hydrogen-bond donors (Lipinski definition) is 2. The third kappa shape index (κ3) is 4.53. The van der Waals surface area contributed by atoms with Gasteiger partial charge in [0, 0.05) is 0 Å². The Morgan fingerprint density at radius 3 is 2.70 bits per heavy atom. The highest BCUT2D eigenvalue weighted by atomic mass is 16.5. The standard InChI is InChI=1S/C16H26N2O2/c1-5-9-18-16(4,15(17)19)11-20-14-8-6-7-13(10-14)12(2)3/h6-8,10,12,18H,5,9,11H2,1-4H3,(H2,17,19). The lowest BCUT2D eigenvalue weighted by atomic mass is 10.0. The van der Waals surface area contributed by atoms with E-state index in [1.54, 1.807) is 6.92 Å². The van der Waals surface area contributed by atoms with Gasteiger partial charge in [-0.25, -0.2) is 0 Å². The van der Waals surface area contributed by atoms with E-state index in [4.69, 9.17) is 10.5 Å². The summed E-state index contributed by atoms with van der Waals surface area (Å²) in [6.45, 7) is 9.04. The van der Waals surface area contributed by atoms with Crippen LogP contribution in [-0.4, -0.2) is 24.6 Å². The molecule has 4 heteroatoms. The highest BCUT2D eigenvalue weighted by molar-refractivity contribution is 5.84. The number of benzene rings is 1. The van der Waals surface area contributed by atoms with Gasteiger partial charge in [0.05, 0.1) is 0 Å². The lowest BCUT2D eigenvalue weighted by Gasteiger charge is -2.27. The molecule has 1 amide bonds. The topological polar surface area (TPSA) is 64.3 Å². The minimum Gasteiger partial charge on any atom is -0.491 e. The van der Waals surface area contributed by atoms with Gasteiger partial charge in [-0.2, -0.15) is 0 Å². The third-order valence-electron chi connectivity index (χ3n) is 3.36. The van der Waals surface area contributed by atoms with Crippen molar-refractivity contribution in [3.8, 4) is 5.75 Å². The molecule has 0 fully saturated rings. The summed E-state index contributed by atoms with van der Waals surface area (Å²) in [7, 11) is 0. The van der Waals surface area contributed by atoms with Crippen molar-refractivity contribution >= 4 is 5.91 Å². The van der Waals surface area contributed by atoms with E-state index in [0.717, 1.165) is 18.7 Å². The molecule has 0 radical (unpaired) electrons. The van der Waals surface area contributed by atoms with Gasteiger partial charge in [0.15, 0.2) is 0 Å². The van der Waals surface area contributed by atoms with Gasteiger partial charge in [0.25, 0.3) is 0 Å². The molecule has 0 aliphatic heterocycles. The summed E-state index contributed by atoms with van der Waals surface area (Å²) in [6.07, 6.45) is 0.936. The van der Waals surface area contributed by atoms with E-state index in [0.29, 0.717) is 5.92 Å². The average molecular weight is 278 g/mol. The Morgan fingerprint density at radius 2 is 2.15 bits per heavy atom. The van der Waals surface area contributed by atoms with Crippen molar-refractivity contribution in [2.75, 3.05) is 13.2 Å². The Bertz CT molecular complexity index is 446. The lowest BCUT2D eigenvalue weighted by molar-refractivity contribution is -0.125. The van der Waals surface area contributed by atoms with Gasteiger partial charge in [0.1, 0.15) is 17.9 Å². The fourth-order valence-corrected chi connectivity index (χ4v) is 1.80. The molecule has 20 heavy (non-hydrogen) atoms. The molecule has 0 saturated heterocycles. The van der Waals surface area contributed by atoms with Crippen molar-refractivity contribution in [3.63, 3.8) is 0 Å². The molecule has 112 valence electrons. The normalized spacial score (nSPS) is 14.1. The molecule has 3 N–H and O–H groups in total. The monoisotopic (exact) mass is 278 g/mol. The molecule has 1 aromatic rings.